The van der Waals surface area contributed by atoms with Crippen LogP contribution in [0.25, 0.3) is 0 Å². The maximum atomic E-state index is 14.0. The number of hydrogen-bond donors (Lipinski definition) is 1. The lowest BCUT2D eigenvalue weighted by Gasteiger charge is -2.38. The molecule has 2 aromatic carbocycles. The summed E-state index contributed by atoms with van der Waals surface area (Å²) in [5.74, 6) is -1.36. The maximum absolute atomic E-state index is 14.0. The van der Waals surface area contributed by atoms with E-state index in [1.54, 1.807) is 48.5 Å². The number of amides is 1. The van der Waals surface area contributed by atoms with Crippen LogP contribution in [0.5, 0.6) is 0 Å². The molecule has 1 aliphatic carbocycles. The first-order chi connectivity index (χ1) is 17.3. The van der Waals surface area contributed by atoms with Crippen molar-refractivity contribution in [2.24, 2.45) is 5.92 Å². The molecule has 1 saturated heterocycles. The Morgan fingerprint density at radius 3 is 2.67 bits per heavy atom. The molecular formula is C26H25Cl2N3O5. The standard InChI is InChI=1S/C26H25Cl2N3O5/c1-36-22(32)7-3-6-21-24(31(34)35)23(16-4-2-5-17(27)12-16)26(30(21)14-15-8-9-15)19-11-10-18(28)13-20(19)29-25(26)33/h2-5,7,10-13,15,21,23-24H,6,8-9,14H2,1H3,(H,29,33)/b7-3+/t21-,23-,24?,26+/m0/s1. The predicted octanol–water partition coefficient (Wildman–Crippen LogP) is 4.78. The van der Waals surface area contributed by atoms with Gasteiger partial charge in [0, 0.05) is 38.8 Å². The molecule has 2 fully saturated rings. The lowest BCUT2D eigenvalue weighted by molar-refractivity contribution is -0.528. The average molecular weight is 530 g/mol. The van der Waals surface area contributed by atoms with E-state index in [1.807, 2.05) is 4.90 Å². The number of benzene rings is 2. The number of halogens is 2. The molecule has 1 N–H and O–H groups in total. The largest absolute Gasteiger partial charge is 0.466 e. The Morgan fingerprint density at radius 2 is 2.00 bits per heavy atom. The zero-order valence-corrected chi connectivity index (χ0v) is 21.0. The van der Waals surface area contributed by atoms with Crippen LogP contribution in [0.15, 0.2) is 54.6 Å². The van der Waals surface area contributed by atoms with Crippen molar-refractivity contribution in [1.82, 2.24) is 4.90 Å². The van der Waals surface area contributed by atoms with Crippen molar-refractivity contribution in [2.45, 2.75) is 42.8 Å². The summed E-state index contributed by atoms with van der Waals surface area (Å²) in [6.07, 6.45) is 5.06. The van der Waals surface area contributed by atoms with Crippen LogP contribution in [0.1, 0.15) is 36.3 Å². The summed E-state index contributed by atoms with van der Waals surface area (Å²) in [7, 11) is 1.27. The third-order valence-corrected chi connectivity index (χ3v) is 7.93. The van der Waals surface area contributed by atoms with Crippen LogP contribution in [0, 0.1) is 16.0 Å². The number of nitrogens with one attached hydrogen (secondary N) is 1. The van der Waals surface area contributed by atoms with Crippen LogP contribution in [0.4, 0.5) is 5.69 Å². The van der Waals surface area contributed by atoms with Crippen LogP contribution in [-0.2, 0) is 19.9 Å². The van der Waals surface area contributed by atoms with E-state index in [2.05, 4.69) is 5.32 Å². The number of methoxy groups -OCH3 is 1. The normalized spacial score (nSPS) is 27.4. The fourth-order valence-electron chi connectivity index (χ4n) is 5.88. The van der Waals surface area contributed by atoms with Crippen LogP contribution in [0.3, 0.4) is 0 Å². The van der Waals surface area contributed by atoms with Gasteiger partial charge in [0.15, 0.2) is 0 Å². The number of esters is 1. The van der Waals surface area contributed by atoms with Gasteiger partial charge in [-0.05, 0) is 55.0 Å². The van der Waals surface area contributed by atoms with Crippen molar-refractivity contribution in [1.29, 1.82) is 0 Å². The van der Waals surface area contributed by atoms with Crippen molar-refractivity contribution in [2.75, 3.05) is 19.0 Å². The maximum Gasteiger partial charge on any atom is 0.330 e. The second kappa shape index (κ2) is 9.50. The Hall–Kier alpha value is -2.94. The highest BCUT2D eigenvalue weighted by Crippen LogP contribution is 2.59. The summed E-state index contributed by atoms with van der Waals surface area (Å²) in [5, 5.41) is 16.6. The van der Waals surface area contributed by atoms with Gasteiger partial charge >= 0.3 is 5.97 Å². The molecule has 5 rings (SSSR count). The Bertz CT molecular complexity index is 1260. The number of fused-ring (bicyclic) bond motifs is 2. The van der Waals surface area contributed by atoms with Gasteiger partial charge in [0.25, 0.3) is 5.91 Å². The molecule has 36 heavy (non-hydrogen) atoms. The number of carbonyl (C=O) groups is 2. The molecule has 0 aromatic heterocycles. The van der Waals surface area contributed by atoms with E-state index in [-0.39, 0.29) is 17.3 Å². The zero-order valence-electron chi connectivity index (χ0n) is 19.5. The summed E-state index contributed by atoms with van der Waals surface area (Å²) in [4.78, 5) is 40.3. The summed E-state index contributed by atoms with van der Waals surface area (Å²) >= 11 is 12.6. The number of anilines is 1. The highest BCUT2D eigenvalue weighted by molar-refractivity contribution is 6.31. The van der Waals surface area contributed by atoms with Crippen molar-refractivity contribution in [3.8, 4) is 0 Å². The van der Waals surface area contributed by atoms with E-state index in [4.69, 9.17) is 27.9 Å². The molecule has 1 spiro atoms. The first kappa shape index (κ1) is 24.7. The quantitative estimate of drug-likeness (QED) is 0.239. The average Bonchev–Trinajstić information content (AvgIpc) is 3.55. The van der Waals surface area contributed by atoms with Gasteiger partial charge in [-0.1, -0.05) is 47.5 Å². The highest BCUT2D eigenvalue weighted by atomic mass is 35.5. The van der Waals surface area contributed by atoms with E-state index in [0.717, 1.165) is 12.8 Å². The second-order valence-corrected chi connectivity index (χ2v) is 10.4. The fraction of sp³-hybridized carbons (Fsp3) is 0.385. The summed E-state index contributed by atoms with van der Waals surface area (Å²) < 4.78 is 4.70. The smallest absolute Gasteiger partial charge is 0.330 e. The van der Waals surface area contributed by atoms with Gasteiger partial charge in [0.2, 0.25) is 6.04 Å². The van der Waals surface area contributed by atoms with Crippen LogP contribution >= 0.6 is 23.2 Å². The topological polar surface area (TPSA) is 102 Å². The van der Waals surface area contributed by atoms with Crippen LogP contribution < -0.4 is 5.32 Å². The van der Waals surface area contributed by atoms with Gasteiger partial charge in [0.05, 0.1) is 19.1 Å². The molecule has 0 bridgehead atoms. The number of nitro groups is 1. The van der Waals surface area contributed by atoms with Crippen LogP contribution in [0.2, 0.25) is 10.0 Å². The van der Waals surface area contributed by atoms with E-state index in [1.165, 1.54) is 13.2 Å². The van der Waals surface area contributed by atoms with Gasteiger partial charge in [-0.15, -0.1) is 0 Å². The number of carbonyl (C=O) groups excluding carboxylic acids is 2. The highest BCUT2D eigenvalue weighted by Gasteiger charge is 2.70. The molecule has 2 heterocycles. The number of ether oxygens (including phenoxy) is 1. The number of likely N-dealkylation sites (tertiary alicyclic amines) is 1. The van der Waals surface area contributed by atoms with Gasteiger partial charge in [0.1, 0.15) is 5.54 Å². The number of hydrogen-bond acceptors (Lipinski definition) is 6. The second-order valence-electron chi connectivity index (χ2n) is 9.54. The molecule has 0 radical (unpaired) electrons. The van der Waals surface area contributed by atoms with Gasteiger partial charge in [-0.25, -0.2) is 4.79 Å². The predicted molar refractivity (Wildman–Crippen MR) is 136 cm³/mol. The lowest BCUT2D eigenvalue weighted by Crippen LogP contribution is -2.52. The Kier molecular flexibility index (Phi) is 6.53. The fourth-order valence-corrected chi connectivity index (χ4v) is 6.25. The number of rotatable bonds is 7. The minimum absolute atomic E-state index is 0.197. The first-order valence-corrected chi connectivity index (χ1v) is 12.5. The molecular weight excluding hydrogens is 505 g/mol. The minimum atomic E-state index is -1.34. The summed E-state index contributed by atoms with van der Waals surface area (Å²) in [6, 6.07) is 10.3. The lowest BCUT2D eigenvalue weighted by atomic mass is 9.73. The Labute approximate surface area is 218 Å². The monoisotopic (exact) mass is 529 g/mol. The summed E-state index contributed by atoms with van der Waals surface area (Å²) in [6.45, 7) is 0.521. The summed E-state index contributed by atoms with van der Waals surface area (Å²) in [5.41, 5.74) is 0.485. The Morgan fingerprint density at radius 1 is 1.25 bits per heavy atom. The third-order valence-electron chi connectivity index (χ3n) is 7.46. The van der Waals surface area contributed by atoms with Gasteiger partial charge in [-0.3, -0.25) is 19.8 Å². The van der Waals surface area contributed by atoms with E-state index in [9.17, 15) is 19.7 Å². The van der Waals surface area contributed by atoms with Gasteiger partial charge in [-0.2, -0.15) is 0 Å². The molecule has 8 nitrogen and oxygen atoms in total. The minimum Gasteiger partial charge on any atom is -0.466 e. The molecule has 3 aliphatic rings. The van der Waals surface area contributed by atoms with Crippen molar-refractivity contribution in [3.05, 3.63) is 85.9 Å². The molecule has 1 unspecified atom stereocenters. The molecule has 2 aliphatic heterocycles. The molecule has 1 saturated carbocycles. The third kappa shape index (κ3) is 4.07. The molecule has 188 valence electrons. The zero-order chi connectivity index (χ0) is 25.6. The van der Waals surface area contributed by atoms with E-state index >= 15 is 0 Å². The first-order valence-electron chi connectivity index (χ1n) is 11.8. The molecule has 2 aromatic rings. The molecule has 1 amide bonds. The molecule has 10 heteroatoms. The van der Waals surface area contributed by atoms with Gasteiger partial charge < -0.3 is 10.1 Å². The van der Waals surface area contributed by atoms with E-state index in [0.29, 0.717) is 39.3 Å². The van der Waals surface area contributed by atoms with E-state index < -0.39 is 29.5 Å². The Balaban J connectivity index is 1.75. The van der Waals surface area contributed by atoms with Crippen molar-refractivity contribution >= 4 is 40.8 Å². The number of nitrogens with zero attached hydrogens (tertiary/aromatic N) is 2. The van der Waals surface area contributed by atoms with Crippen LogP contribution in [-0.4, -0.2) is 47.4 Å². The SMILES string of the molecule is COC(=O)/C=C/C[C@H]1C([N+](=O)[O-])[C@H](c2cccc(Cl)c2)[C@]2(C(=O)Nc3cc(Cl)ccc32)N1CC1CC1. The molecule has 4 atom stereocenters. The van der Waals surface area contributed by atoms with Crippen molar-refractivity contribution < 1.29 is 19.2 Å². The van der Waals surface area contributed by atoms with Crippen molar-refractivity contribution in [3.63, 3.8) is 0 Å².